The minimum atomic E-state index is -4.56. The van der Waals surface area contributed by atoms with Crippen molar-refractivity contribution in [1.29, 1.82) is 0 Å². The molecular formula is C25H23F3N4O2S. The quantitative estimate of drug-likeness (QED) is 0.302. The summed E-state index contributed by atoms with van der Waals surface area (Å²) in [5, 5.41) is 0.909. The van der Waals surface area contributed by atoms with Gasteiger partial charge in [-0.25, -0.2) is 4.98 Å². The van der Waals surface area contributed by atoms with Crippen LogP contribution < -0.4 is 5.56 Å². The summed E-state index contributed by atoms with van der Waals surface area (Å²) in [6.45, 7) is 1.38. The zero-order chi connectivity index (χ0) is 24.6. The van der Waals surface area contributed by atoms with Gasteiger partial charge in [-0.05, 0) is 37.1 Å². The Labute approximate surface area is 203 Å². The highest BCUT2D eigenvalue weighted by molar-refractivity contribution is 7.99. The van der Waals surface area contributed by atoms with E-state index in [1.54, 1.807) is 6.07 Å². The zero-order valence-corrected chi connectivity index (χ0v) is 19.6. The first-order valence-electron chi connectivity index (χ1n) is 11.4. The number of hydrogen-bond donors (Lipinski definition) is 1. The van der Waals surface area contributed by atoms with E-state index >= 15 is 0 Å². The van der Waals surface area contributed by atoms with Crippen molar-refractivity contribution < 1.29 is 18.0 Å². The van der Waals surface area contributed by atoms with Crippen LogP contribution in [0.1, 0.15) is 31.2 Å². The van der Waals surface area contributed by atoms with Crippen LogP contribution in [0.3, 0.4) is 0 Å². The fraction of sp³-hybridized carbons (Fsp3) is 0.320. The molecule has 3 heterocycles. The van der Waals surface area contributed by atoms with E-state index in [-0.39, 0.29) is 28.0 Å². The number of fused-ring (bicyclic) bond motifs is 3. The summed E-state index contributed by atoms with van der Waals surface area (Å²) in [5.74, 6) is -0.0278. The van der Waals surface area contributed by atoms with Crippen LogP contribution in [-0.2, 0) is 11.0 Å². The number of rotatable bonds is 4. The van der Waals surface area contributed by atoms with Gasteiger partial charge in [-0.15, -0.1) is 0 Å². The largest absolute Gasteiger partial charge is 0.416 e. The predicted molar refractivity (Wildman–Crippen MR) is 130 cm³/mol. The molecule has 1 saturated heterocycles. The Kier molecular flexibility index (Phi) is 6.31. The van der Waals surface area contributed by atoms with Crippen LogP contribution in [0, 0.1) is 0 Å². The lowest BCUT2D eigenvalue weighted by atomic mass is 10.2. The number of carbonyl (C=O) groups is 1. The number of benzene rings is 2. The molecule has 2 aromatic heterocycles. The van der Waals surface area contributed by atoms with Crippen molar-refractivity contribution in [2.24, 2.45) is 0 Å². The molecule has 2 aromatic carbocycles. The van der Waals surface area contributed by atoms with Crippen molar-refractivity contribution in [2.45, 2.75) is 37.0 Å². The van der Waals surface area contributed by atoms with E-state index in [1.807, 2.05) is 23.1 Å². The molecule has 0 aliphatic carbocycles. The Morgan fingerprint density at radius 3 is 2.51 bits per heavy atom. The molecule has 1 amide bonds. The molecule has 5 rings (SSSR count). The van der Waals surface area contributed by atoms with Crippen molar-refractivity contribution in [2.75, 3.05) is 18.8 Å². The lowest BCUT2D eigenvalue weighted by molar-refractivity contribution is -0.137. The Bertz CT molecular complexity index is 1450. The van der Waals surface area contributed by atoms with E-state index in [2.05, 4.69) is 9.97 Å². The molecule has 6 nitrogen and oxygen atoms in total. The molecule has 182 valence electrons. The molecular weight excluding hydrogens is 477 g/mol. The molecule has 1 N–H and O–H groups in total. The van der Waals surface area contributed by atoms with Gasteiger partial charge in [0, 0.05) is 24.0 Å². The average molecular weight is 501 g/mol. The van der Waals surface area contributed by atoms with Gasteiger partial charge in [0.15, 0.2) is 5.16 Å². The number of aromatic nitrogens is 3. The van der Waals surface area contributed by atoms with Crippen molar-refractivity contribution in [3.8, 4) is 5.69 Å². The van der Waals surface area contributed by atoms with Crippen molar-refractivity contribution in [1.82, 2.24) is 19.4 Å². The number of H-pyrrole nitrogens is 1. The number of alkyl halides is 3. The maximum atomic E-state index is 13.6. The third kappa shape index (κ3) is 4.67. The van der Waals surface area contributed by atoms with Gasteiger partial charge in [-0.2, -0.15) is 13.2 Å². The van der Waals surface area contributed by atoms with Gasteiger partial charge < -0.3 is 9.88 Å². The molecule has 10 heteroatoms. The minimum Gasteiger partial charge on any atom is -0.349 e. The molecule has 0 bridgehead atoms. The summed E-state index contributed by atoms with van der Waals surface area (Å²) in [6.07, 6.45) is -0.486. The lowest BCUT2D eigenvalue weighted by Gasteiger charge is -2.20. The van der Waals surface area contributed by atoms with Crippen LogP contribution in [0.4, 0.5) is 13.2 Å². The fourth-order valence-electron chi connectivity index (χ4n) is 4.43. The maximum Gasteiger partial charge on any atom is 0.416 e. The maximum absolute atomic E-state index is 13.6. The first-order chi connectivity index (χ1) is 16.8. The number of likely N-dealkylation sites (tertiary alicyclic amines) is 1. The number of halogens is 3. The van der Waals surface area contributed by atoms with E-state index in [9.17, 15) is 22.8 Å². The molecule has 1 fully saturated rings. The topological polar surface area (TPSA) is 71.0 Å². The third-order valence-electron chi connectivity index (χ3n) is 6.21. The minimum absolute atomic E-state index is 0.0409. The SMILES string of the molecule is O=C(CSc1nc2c([nH]c3ccccc32)c(=O)n1-c1cccc(C(F)(F)F)c1)N1CCCCCC1. The number of nitrogens with zero attached hydrogens (tertiary/aromatic N) is 3. The molecule has 0 saturated carbocycles. The summed E-state index contributed by atoms with van der Waals surface area (Å²) >= 11 is 1.07. The van der Waals surface area contributed by atoms with Gasteiger partial charge in [0.05, 0.1) is 17.0 Å². The van der Waals surface area contributed by atoms with Crippen molar-refractivity contribution in [3.05, 3.63) is 64.4 Å². The lowest BCUT2D eigenvalue weighted by Crippen LogP contribution is -2.33. The Hall–Kier alpha value is -3.27. The monoisotopic (exact) mass is 500 g/mol. The highest BCUT2D eigenvalue weighted by Gasteiger charge is 2.31. The van der Waals surface area contributed by atoms with Gasteiger partial charge in [0.25, 0.3) is 5.56 Å². The summed E-state index contributed by atoms with van der Waals surface area (Å²) in [6, 6.07) is 11.9. The number of thioether (sulfide) groups is 1. The van der Waals surface area contributed by atoms with E-state index in [4.69, 9.17) is 0 Å². The van der Waals surface area contributed by atoms with Crippen LogP contribution in [0.2, 0.25) is 0 Å². The molecule has 0 radical (unpaired) electrons. The highest BCUT2D eigenvalue weighted by Crippen LogP contribution is 2.32. The number of amides is 1. The number of nitrogens with one attached hydrogen (secondary N) is 1. The van der Waals surface area contributed by atoms with E-state index in [0.717, 1.165) is 59.5 Å². The summed E-state index contributed by atoms with van der Waals surface area (Å²) < 4.78 is 41.4. The summed E-state index contributed by atoms with van der Waals surface area (Å²) in [4.78, 5) is 36.0. The first-order valence-corrected chi connectivity index (χ1v) is 12.4. The molecule has 4 aromatic rings. The Morgan fingerprint density at radius 1 is 1.03 bits per heavy atom. The number of carbonyl (C=O) groups excluding carboxylic acids is 1. The van der Waals surface area contributed by atoms with Gasteiger partial charge in [0.1, 0.15) is 11.0 Å². The Balaban J connectivity index is 1.61. The van der Waals surface area contributed by atoms with Crippen molar-refractivity contribution >= 4 is 39.6 Å². The van der Waals surface area contributed by atoms with Crippen LogP contribution in [0.25, 0.3) is 27.6 Å². The van der Waals surface area contributed by atoms with Gasteiger partial charge in [-0.3, -0.25) is 14.2 Å². The second-order valence-electron chi connectivity index (χ2n) is 8.56. The summed E-state index contributed by atoms with van der Waals surface area (Å²) in [5.41, 5.74) is -0.0103. The Morgan fingerprint density at radius 2 is 1.77 bits per heavy atom. The second-order valence-corrected chi connectivity index (χ2v) is 9.50. The molecule has 0 spiro atoms. The van der Waals surface area contributed by atoms with E-state index in [0.29, 0.717) is 24.1 Å². The summed E-state index contributed by atoms with van der Waals surface area (Å²) in [7, 11) is 0. The molecule has 35 heavy (non-hydrogen) atoms. The number of para-hydroxylation sites is 1. The van der Waals surface area contributed by atoms with Crippen LogP contribution in [-0.4, -0.2) is 44.2 Å². The van der Waals surface area contributed by atoms with Gasteiger partial charge >= 0.3 is 6.18 Å². The van der Waals surface area contributed by atoms with Gasteiger partial charge in [-0.1, -0.05) is 48.9 Å². The zero-order valence-electron chi connectivity index (χ0n) is 18.8. The third-order valence-corrected chi connectivity index (χ3v) is 7.13. The van der Waals surface area contributed by atoms with Gasteiger partial charge in [0.2, 0.25) is 5.91 Å². The van der Waals surface area contributed by atoms with E-state index in [1.165, 1.54) is 12.1 Å². The normalized spacial score (nSPS) is 15.0. The highest BCUT2D eigenvalue weighted by atomic mass is 32.2. The predicted octanol–water partition coefficient (Wildman–Crippen LogP) is 5.38. The standard InChI is InChI=1S/C25H23F3N4O2S/c26-25(27,28)16-8-7-9-17(14-16)32-23(34)22-21(18-10-3-4-11-19(18)29-22)30-24(32)35-15-20(33)31-12-5-1-2-6-13-31/h3-4,7-11,14,29H,1-2,5-6,12-13,15H2. The molecule has 1 aliphatic heterocycles. The van der Waals surface area contributed by atoms with Crippen LogP contribution in [0.5, 0.6) is 0 Å². The molecule has 0 atom stereocenters. The first kappa shape index (κ1) is 23.5. The average Bonchev–Trinajstić information content (AvgIpc) is 3.01. The number of hydrogen-bond acceptors (Lipinski definition) is 4. The molecule has 0 unspecified atom stereocenters. The number of aromatic amines is 1. The molecule has 1 aliphatic rings. The van der Waals surface area contributed by atoms with Crippen LogP contribution in [0.15, 0.2) is 58.5 Å². The van der Waals surface area contributed by atoms with Crippen LogP contribution >= 0.6 is 11.8 Å². The second kappa shape index (κ2) is 9.41. The van der Waals surface area contributed by atoms with Crippen molar-refractivity contribution in [3.63, 3.8) is 0 Å². The smallest absolute Gasteiger partial charge is 0.349 e. The fourth-order valence-corrected chi connectivity index (χ4v) is 5.33. The van der Waals surface area contributed by atoms with E-state index < -0.39 is 17.3 Å².